The summed E-state index contributed by atoms with van der Waals surface area (Å²) in [5.74, 6) is 2.10. The fourth-order valence-corrected chi connectivity index (χ4v) is 3.22. The Bertz CT molecular complexity index is 680. The van der Waals surface area contributed by atoms with Crippen molar-refractivity contribution in [1.29, 1.82) is 0 Å². The highest BCUT2D eigenvalue weighted by Crippen LogP contribution is 2.23. The summed E-state index contributed by atoms with van der Waals surface area (Å²) in [5.41, 5.74) is 2.72. The molecule has 1 N–H and O–H groups in total. The quantitative estimate of drug-likeness (QED) is 0.586. The number of thioether (sulfide) groups is 2. The van der Waals surface area contributed by atoms with E-state index in [9.17, 15) is 0 Å². The maximum atomic E-state index is 4.51. The Hall–Kier alpha value is -1.27. The molecule has 18 heavy (non-hydrogen) atoms. The summed E-state index contributed by atoms with van der Waals surface area (Å²) in [5, 5.41) is 10.3. The largest absolute Gasteiger partial charge is 0.338 e. The molecule has 92 valence electrons. The molecule has 0 radical (unpaired) electrons. The van der Waals surface area contributed by atoms with Crippen LogP contribution in [0.1, 0.15) is 0 Å². The number of hydrogen-bond acceptors (Lipinski definition) is 5. The van der Waals surface area contributed by atoms with Crippen LogP contribution in [0.2, 0.25) is 0 Å². The van der Waals surface area contributed by atoms with Gasteiger partial charge in [0.1, 0.15) is 5.52 Å². The summed E-state index contributed by atoms with van der Waals surface area (Å²) < 4.78 is 0. The van der Waals surface area contributed by atoms with E-state index in [2.05, 4.69) is 26.4 Å². The number of para-hydroxylation sites is 1. The van der Waals surface area contributed by atoms with Crippen LogP contribution in [0.25, 0.3) is 22.1 Å². The molecule has 4 nitrogen and oxygen atoms in total. The molecule has 3 rings (SSSR count). The van der Waals surface area contributed by atoms with E-state index in [1.807, 2.05) is 36.0 Å². The highest BCUT2D eigenvalue weighted by atomic mass is 32.2. The maximum Gasteiger partial charge on any atom is 0.211 e. The predicted octanol–water partition coefficient (Wildman–Crippen LogP) is 2.96. The second-order valence-corrected chi connectivity index (χ2v) is 5.85. The minimum absolute atomic E-state index is 0.739. The molecule has 0 saturated heterocycles. The van der Waals surface area contributed by atoms with E-state index in [1.165, 1.54) is 0 Å². The van der Waals surface area contributed by atoms with Crippen LogP contribution >= 0.6 is 23.5 Å². The Labute approximate surface area is 113 Å². The van der Waals surface area contributed by atoms with E-state index in [1.54, 1.807) is 11.8 Å². The summed E-state index contributed by atoms with van der Waals surface area (Å²) >= 11 is 3.47. The molecule has 0 aliphatic rings. The molecule has 0 saturated carbocycles. The Morgan fingerprint density at radius 2 is 2.06 bits per heavy atom. The van der Waals surface area contributed by atoms with Gasteiger partial charge in [0.15, 0.2) is 5.65 Å². The Kier molecular flexibility index (Phi) is 3.38. The minimum atomic E-state index is 0.739. The smallest absolute Gasteiger partial charge is 0.211 e. The van der Waals surface area contributed by atoms with E-state index < -0.39 is 0 Å². The zero-order valence-corrected chi connectivity index (χ0v) is 11.5. The lowest BCUT2D eigenvalue weighted by molar-refractivity contribution is 0.879. The van der Waals surface area contributed by atoms with Crippen LogP contribution in [0.3, 0.4) is 0 Å². The van der Waals surface area contributed by atoms with Gasteiger partial charge in [-0.25, -0.2) is 4.98 Å². The van der Waals surface area contributed by atoms with Crippen LogP contribution in [0.4, 0.5) is 0 Å². The molecular formula is C12H12N4S2. The Balaban J connectivity index is 1.99. The molecule has 6 heteroatoms. The highest BCUT2D eigenvalue weighted by Gasteiger charge is 2.08. The van der Waals surface area contributed by atoms with Crippen LogP contribution in [0.15, 0.2) is 29.4 Å². The van der Waals surface area contributed by atoms with Crippen LogP contribution in [-0.2, 0) is 0 Å². The van der Waals surface area contributed by atoms with Crippen molar-refractivity contribution in [3.63, 3.8) is 0 Å². The summed E-state index contributed by atoms with van der Waals surface area (Å²) in [6.45, 7) is 0. The van der Waals surface area contributed by atoms with Gasteiger partial charge in [0, 0.05) is 22.4 Å². The molecular weight excluding hydrogens is 264 g/mol. The number of rotatable bonds is 4. The zero-order valence-electron chi connectivity index (χ0n) is 9.88. The van der Waals surface area contributed by atoms with Crippen LogP contribution in [0, 0.1) is 0 Å². The molecule has 0 fully saturated rings. The molecule has 0 aliphatic heterocycles. The number of fused-ring (bicyclic) bond motifs is 3. The summed E-state index contributed by atoms with van der Waals surface area (Å²) in [4.78, 5) is 7.79. The first-order valence-corrected chi connectivity index (χ1v) is 7.99. The van der Waals surface area contributed by atoms with Gasteiger partial charge < -0.3 is 4.98 Å². The van der Waals surface area contributed by atoms with E-state index in [4.69, 9.17) is 0 Å². The van der Waals surface area contributed by atoms with Gasteiger partial charge in [0.2, 0.25) is 5.16 Å². The second kappa shape index (κ2) is 5.16. The molecule has 3 aromatic rings. The zero-order chi connectivity index (χ0) is 12.4. The van der Waals surface area contributed by atoms with Crippen molar-refractivity contribution in [2.75, 3.05) is 17.8 Å². The monoisotopic (exact) mass is 276 g/mol. The third-order valence-corrected chi connectivity index (χ3v) is 4.33. The fraction of sp³-hybridized carbons (Fsp3) is 0.250. The van der Waals surface area contributed by atoms with Gasteiger partial charge in [-0.3, -0.25) is 0 Å². The molecule has 0 atom stereocenters. The molecule has 2 aromatic heterocycles. The maximum absolute atomic E-state index is 4.51. The van der Waals surface area contributed by atoms with Crippen molar-refractivity contribution in [2.24, 2.45) is 0 Å². The van der Waals surface area contributed by atoms with Gasteiger partial charge in [-0.05, 0) is 12.3 Å². The van der Waals surface area contributed by atoms with E-state index >= 15 is 0 Å². The number of hydrogen-bond donors (Lipinski definition) is 1. The van der Waals surface area contributed by atoms with Crippen molar-refractivity contribution in [1.82, 2.24) is 20.2 Å². The van der Waals surface area contributed by atoms with Gasteiger partial charge in [-0.15, -0.1) is 10.2 Å². The standard InChI is InChI=1S/C12H12N4S2/c1-17-6-7-18-12-14-11-10(15-16-12)8-4-2-3-5-9(8)13-11/h2-5H,6-7H2,1H3,(H,13,14,16). The predicted molar refractivity (Wildman–Crippen MR) is 78.3 cm³/mol. The number of benzene rings is 1. The molecule has 0 bridgehead atoms. The van der Waals surface area contributed by atoms with Crippen molar-refractivity contribution in [2.45, 2.75) is 5.16 Å². The van der Waals surface area contributed by atoms with Crippen LogP contribution in [0.5, 0.6) is 0 Å². The summed E-state index contributed by atoms with van der Waals surface area (Å²) in [6.07, 6.45) is 2.10. The van der Waals surface area contributed by atoms with Gasteiger partial charge in [-0.2, -0.15) is 11.8 Å². The number of aromatic nitrogens is 4. The first kappa shape index (κ1) is 11.8. The van der Waals surface area contributed by atoms with E-state index in [0.29, 0.717) is 0 Å². The average Bonchev–Trinajstić information content (AvgIpc) is 2.76. The van der Waals surface area contributed by atoms with E-state index in [0.717, 1.165) is 38.7 Å². The van der Waals surface area contributed by atoms with Gasteiger partial charge in [-0.1, -0.05) is 30.0 Å². The third kappa shape index (κ3) is 2.18. The number of aromatic amines is 1. The van der Waals surface area contributed by atoms with Crippen molar-refractivity contribution in [3.05, 3.63) is 24.3 Å². The summed E-state index contributed by atoms with van der Waals surface area (Å²) in [6, 6.07) is 8.06. The third-order valence-electron chi connectivity index (χ3n) is 2.62. The number of nitrogens with one attached hydrogen (secondary N) is 1. The van der Waals surface area contributed by atoms with E-state index in [-0.39, 0.29) is 0 Å². The highest BCUT2D eigenvalue weighted by molar-refractivity contribution is 8.02. The molecule has 0 amide bonds. The van der Waals surface area contributed by atoms with Crippen LogP contribution < -0.4 is 0 Å². The Morgan fingerprint density at radius 1 is 1.17 bits per heavy atom. The summed E-state index contributed by atoms with van der Waals surface area (Å²) in [7, 11) is 0. The number of nitrogens with zero attached hydrogens (tertiary/aromatic N) is 3. The first-order chi connectivity index (χ1) is 8.88. The SMILES string of the molecule is CSCCSc1nnc2c(n1)[nH]c1ccccc12. The average molecular weight is 276 g/mol. The topological polar surface area (TPSA) is 54.5 Å². The Morgan fingerprint density at radius 3 is 2.94 bits per heavy atom. The normalized spacial score (nSPS) is 11.4. The lowest BCUT2D eigenvalue weighted by Gasteiger charge is -1.97. The molecule has 1 aromatic carbocycles. The molecule has 0 spiro atoms. The van der Waals surface area contributed by atoms with Crippen LogP contribution in [-0.4, -0.2) is 37.9 Å². The van der Waals surface area contributed by atoms with Crippen molar-refractivity contribution >= 4 is 45.6 Å². The first-order valence-electron chi connectivity index (χ1n) is 5.61. The molecule has 0 aliphatic carbocycles. The fourth-order valence-electron chi connectivity index (χ4n) is 1.78. The number of H-pyrrole nitrogens is 1. The minimum Gasteiger partial charge on any atom is -0.338 e. The van der Waals surface area contributed by atoms with Gasteiger partial charge in [0.25, 0.3) is 0 Å². The second-order valence-electron chi connectivity index (χ2n) is 3.80. The van der Waals surface area contributed by atoms with Gasteiger partial charge in [0.05, 0.1) is 0 Å². The van der Waals surface area contributed by atoms with Gasteiger partial charge >= 0.3 is 0 Å². The van der Waals surface area contributed by atoms with Crippen molar-refractivity contribution in [3.8, 4) is 0 Å². The lowest BCUT2D eigenvalue weighted by atomic mass is 10.2. The lowest BCUT2D eigenvalue weighted by Crippen LogP contribution is -1.93. The van der Waals surface area contributed by atoms with Crippen molar-refractivity contribution < 1.29 is 0 Å². The molecule has 2 heterocycles. The molecule has 0 unspecified atom stereocenters.